The van der Waals surface area contributed by atoms with Gasteiger partial charge in [-0.25, -0.2) is 0 Å². The number of fused-ring (bicyclic) bond motifs is 1. The summed E-state index contributed by atoms with van der Waals surface area (Å²) in [5.74, 6) is -0.761. The molecule has 2 rings (SSSR count). The molecule has 0 bridgehead atoms. The quantitative estimate of drug-likeness (QED) is 0.777. The summed E-state index contributed by atoms with van der Waals surface area (Å²) >= 11 is 0. The molecule has 1 heterocycles. The molecule has 0 spiro atoms. The third-order valence-electron chi connectivity index (χ3n) is 2.19. The zero-order valence-corrected chi connectivity index (χ0v) is 7.66. The number of hydrogen-bond donors (Lipinski definition) is 2. The van der Waals surface area contributed by atoms with Crippen molar-refractivity contribution in [3.63, 3.8) is 0 Å². The maximum absolute atomic E-state index is 10.4. The number of carboxylic acids is 1. The molecule has 0 aliphatic rings. The first kappa shape index (κ1) is 8.81. The Labute approximate surface area is 81.4 Å². The van der Waals surface area contributed by atoms with Crippen LogP contribution in [0.3, 0.4) is 0 Å². The van der Waals surface area contributed by atoms with Crippen LogP contribution in [0.1, 0.15) is 12.1 Å². The molecule has 0 saturated heterocycles. The second kappa shape index (κ2) is 3.54. The monoisotopic (exact) mass is 189 g/mol. The zero-order chi connectivity index (χ0) is 9.97. The summed E-state index contributed by atoms with van der Waals surface area (Å²) < 4.78 is 0. The second-order valence-electron chi connectivity index (χ2n) is 3.28. The summed E-state index contributed by atoms with van der Waals surface area (Å²) in [6.45, 7) is 0. The summed E-state index contributed by atoms with van der Waals surface area (Å²) in [4.78, 5) is 13.6. The Balaban J connectivity index is 2.22. The second-order valence-corrected chi connectivity index (χ2v) is 3.28. The van der Waals surface area contributed by atoms with Crippen LogP contribution in [0.25, 0.3) is 10.9 Å². The average molecular weight is 189 g/mol. The third-order valence-corrected chi connectivity index (χ3v) is 2.19. The summed E-state index contributed by atoms with van der Waals surface area (Å²) in [6.07, 6.45) is 0.733. The minimum atomic E-state index is -0.761. The maximum Gasteiger partial charge on any atom is 0.303 e. The Kier molecular flexibility index (Phi) is 2.23. The molecule has 0 fully saturated rings. The lowest BCUT2D eigenvalue weighted by molar-refractivity contribution is -0.136. The van der Waals surface area contributed by atoms with Gasteiger partial charge in [0.2, 0.25) is 0 Å². The van der Waals surface area contributed by atoms with Crippen LogP contribution in [0.15, 0.2) is 30.3 Å². The molecule has 14 heavy (non-hydrogen) atoms. The molecule has 0 saturated carbocycles. The Morgan fingerprint density at radius 2 is 2.14 bits per heavy atom. The van der Waals surface area contributed by atoms with Gasteiger partial charge in [0.15, 0.2) is 0 Å². The van der Waals surface area contributed by atoms with Crippen LogP contribution >= 0.6 is 0 Å². The van der Waals surface area contributed by atoms with E-state index in [0.717, 1.165) is 16.6 Å². The summed E-state index contributed by atoms with van der Waals surface area (Å²) in [5, 5.41) is 9.67. The number of aromatic nitrogens is 1. The Hall–Kier alpha value is -1.77. The number of nitrogens with one attached hydrogen (secondary N) is 1. The van der Waals surface area contributed by atoms with E-state index in [0.29, 0.717) is 6.42 Å². The molecule has 0 amide bonds. The fraction of sp³-hybridized carbons (Fsp3) is 0.182. The van der Waals surface area contributed by atoms with Gasteiger partial charge in [0, 0.05) is 11.2 Å². The highest BCUT2D eigenvalue weighted by molar-refractivity contribution is 5.80. The van der Waals surface area contributed by atoms with Crippen molar-refractivity contribution >= 4 is 16.9 Å². The topological polar surface area (TPSA) is 53.1 Å². The van der Waals surface area contributed by atoms with Gasteiger partial charge in [0.25, 0.3) is 0 Å². The SMILES string of the molecule is O=C(O)CCc1cc2ccccc2[nH]1. The first-order valence-electron chi connectivity index (χ1n) is 4.54. The van der Waals surface area contributed by atoms with E-state index in [9.17, 15) is 4.79 Å². The van der Waals surface area contributed by atoms with Crippen LogP contribution in [0, 0.1) is 0 Å². The van der Waals surface area contributed by atoms with E-state index in [4.69, 9.17) is 5.11 Å². The number of hydrogen-bond acceptors (Lipinski definition) is 1. The highest BCUT2D eigenvalue weighted by Crippen LogP contribution is 2.15. The lowest BCUT2D eigenvalue weighted by Gasteiger charge is -1.91. The van der Waals surface area contributed by atoms with Crippen molar-refractivity contribution in [3.8, 4) is 0 Å². The molecule has 3 heteroatoms. The van der Waals surface area contributed by atoms with Crippen molar-refractivity contribution < 1.29 is 9.90 Å². The van der Waals surface area contributed by atoms with Crippen molar-refractivity contribution in [2.75, 3.05) is 0 Å². The van der Waals surface area contributed by atoms with Crippen LogP contribution in [0.5, 0.6) is 0 Å². The van der Waals surface area contributed by atoms with Crippen molar-refractivity contribution in [3.05, 3.63) is 36.0 Å². The molecule has 1 aromatic heterocycles. The van der Waals surface area contributed by atoms with E-state index in [-0.39, 0.29) is 6.42 Å². The summed E-state index contributed by atoms with van der Waals surface area (Å²) in [5.41, 5.74) is 2.04. The van der Waals surface area contributed by atoms with E-state index in [1.807, 2.05) is 30.3 Å². The maximum atomic E-state index is 10.4. The van der Waals surface area contributed by atoms with E-state index >= 15 is 0 Å². The number of aryl methyl sites for hydroxylation is 1. The minimum Gasteiger partial charge on any atom is -0.481 e. The molecule has 72 valence electrons. The number of aromatic amines is 1. The molecule has 2 aromatic rings. The number of para-hydroxylation sites is 1. The molecule has 0 atom stereocenters. The van der Waals surface area contributed by atoms with Crippen LogP contribution in [0.2, 0.25) is 0 Å². The van der Waals surface area contributed by atoms with Crippen molar-refractivity contribution in [2.24, 2.45) is 0 Å². The molecule has 2 N–H and O–H groups in total. The van der Waals surface area contributed by atoms with Gasteiger partial charge in [0.1, 0.15) is 0 Å². The standard InChI is InChI=1S/C11H11NO2/c13-11(14)6-5-9-7-8-3-1-2-4-10(8)12-9/h1-4,7,12H,5-6H2,(H,13,14). The number of benzene rings is 1. The fourth-order valence-electron chi connectivity index (χ4n) is 1.51. The minimum absolute atomic E-state index is 0.173. The summed E-state index contributed by atoms with van der Waals surface area (Å²) in [7, 11) is 0. The van der Waals surface area contributed by atoms with Gasteiger partial charge in [-0.1, -0.05) is 18.2 Å². The lowest BCUT2D eigenvalue weighted by atomic mass is 10.2. The van der Waals surface area contributed by atoms with Gasteiger partial charge in [0.05, 0.1) is 6.42 Å². The van der Waals surface area contributed by atoms with Crippen LogP contribution in [-0.4, -0.2) is 16.1 Å². The number of rotatable bonds is 3. The third kappa shape index (κ3) is 1.76. The largest absolute Gasteiger partial charge is 0.481 e. The predicted octanol–water partition coefficient (Wildman–Crippen LogP) is 2.19. The predicted molar refractivity (Wildman–Crippen MR) is 54.3 cm³/mol. The van der Waals surface area contributed by atoms with E-state index < -0.39 is 5.97 Å². The molecule has 0 unspecified atom stereocenters. The van der Waals surface area contributed by atoms with Gasteiger partial charge in [-0.05, 0) is 23.9 Å². The van der Waals surface area contributed by atoms with Crippen molar-refractivity contribution in [2.45, 2.75) is 12.8 Å². The average Bonchev–Trinajstić information content (AvgIpc) is 2.57. The van der Waals surface area contributed by atoms with Crippen LogP contribution < -0.4 is 0 Å². The normalized spacial score (nSPS) is 10.6. The van der Waals surface area contributed by atoms with Crippen LogP contribution in [-0.2, 0) is 11.2 Å². The first-order valence-corrected chi connectivity index (χ1v) is 4.54. The number of carboxylic acid groups (broad SMARTS) is 1. The Bertz CT molecular complexity index is 426. The molecule has 1 aromatic carbocycles. The molecule has 3 nitrogen and oxygen atoms in total. The van der Waals surface area contributed by atoms with E-state index in [2.05, 4.69) is 4.98 Å². The van der Waals surface area contributed by atoms with Gasteiger partial charge in [-0.15, -0.1) is 0 Å². The lowest BCUT2D eigenvalue weighted by Crippen LogP contribution is -1.97. The van der Waals surface area contributed by atoms with Crippen molar-refractivity contribution in [1.29, 1.82) is 0 Å². The number of aliphatic carboxylic acids is 1. The Morgan fingerprint density at radius 3 is 2.86 bits per heavy atom. The van der Waals surface area contributed by atoms with Gasteiger partial charge in [-0.2, -0.15) is 0 Å². The highest BCUT2D eigenvalue weighted by Gasteiger charge is 2.02. The van der Waals surface area contributed by atoms with E-state index in [1.165, 1.54) is 0 Å². The summed E-state index contributed by atoms with van der Waals surface area (Å²) in [6, 6.07) is 9.92. The van der Waals surface area contributed by atoms with Gasteiger partial charge >= 0.3 is 5.97 Å². The zero-order valence-electron chi connectivity index (χ0n) is 7.66. The highest BCUT2D eigenvalue weighted by atomic mass is 16.4. The first-order chi connectivity index (χ1) is 6.75. The molecular formula is C11H11NO2. The van der Waals surface area contributed by atoms with Gasteiger partial charge in [-0.3, -0.25) is 4.79 Å². The number of H-pyrrole nitrogens is 1. The van der Waals surface area contributed by atoms with E-state index in [1.54, 1.807) is 0 Å². The molecular weight excluding hydrogens is 178 g/mol. The Morgan fingerprint density at radius 1 is 1.36 bits per heavy atom. The van der Waals surface area contributed by atoms with Crippen LogP contribution in [0.4, 0.5) is 0 Å². The molecule has 0 aliphatic heterocycles. The molecule has 0 radical (unpaired) electrons. The molecule has 0 aliphatic carbocycles. The fourth-order valence-corrected chi connectivity index (χ4v) is 1.51. The smallest absolute Gasteiger partial charge is 0.303 e. The van der Waals surface area contributed by atoms with Gasteiger partial charge < -0.3 is 10.1 Å². The number of carbonyl (C=O) groups is 1. The van der Waals surface area contributed by atoms with Crippen molar-refractivity contribution in [1.82, 2.24) is 4.98 Å².